The average Bonchev–Trinajstić information content (AvgIpc) is 2.60. The highest BCUT2D eigenvalue weighted by Crippen LogP contribution is 2.25. The average molecular weight is 376 g/mol. The Bertz CT molecular complexity index is 857. The van der Waals surface area contributed by atoms with Crippen LogP contribution in [0.25, 0.3) is 0 Å². The first kappa shape index (κ1) is 19.9. The zero-order valence-corrected chi connectivity index (χ0v) is 16.2. The van der Waals surface area contributed by atoms with E-state index in [0.717, 1.165) is 11.3 Å². The van der Waals surface area contributed by atoms with E-state index in [1.165, 1.54) is 19.1 Å². The summed E-state index contributed by atoms with van der Waals surface area (Å²) in [4.78, 5) is 11.2. The fourth-order valence-electron chi connectivity index (χ4n) is 2.42. The monoisotopic (exact) mass is 376 g/mol. The first-order valence-electron chi connectivity index (χ1n) is 8.16. The van der Waals surface area contributed by atoms with E-state index < -0.39 is 15.4 Å². The molecule has 0 saturated carbocycles. The van der Waals surface area contributed by atoms with E-state index in [0.29, 0.717) is 5.69 Å². The van der Waals surface area contributed by atoms with Crippen LogP contribution in [0.3, 0.4) is 0 Å². The molecule has 0 atom stereocenters. The van der Waals surface area contributed by atoms with Crippen LogP contribution in [-0.2, 0) is 20.2 Å². The van der Waals surface area contributed by atoms with E-state index in [1.807, 2.05) is 38.1 Å². The predicted octanol–water partition coefficient (Wildman–Crippen LogP) is 2.91. The van der Waals surface area contributed by atoms with Crippen LogP contribution in [0.4, 0.5) is 5.69 Å². The second-order valence-corrected chi connectivity index (χ2v) is 8.41. The lowest BCUT2D eigenvalue weighted by molar-refractivity contribution is -0.114. The molecule has 0 saturated heterocycles. The largest absolute Gasteiger partial charge is 0.497 e. The third kappa shape index (κ3) is 5.06. The van der Waals surface area contributed by atoms with Crippen molar-refractivity contribution in [1.82, 2.24) is 4.72 Å². The Kier molecular flexibility index (Phi) is 6.05. The second-order valence-electron chi connectivity index (χ2n) is 6.64. The first-order valence-corrected chi connectivity index (χ1v) is 9.64. The van der Waals surface area contributed by atoms with Crippen LogP contribution in [-0.4, -0.2) is 28.0 Å². The van der Waals surface area contributed by atoms with Crippen LogP contribution < -0.4 is 14.8 Å². The quantitative estimate of drug-likeness (QED) is 0.778. The molecule has 140 valence electrons. The van der Waals surface area contributed by atoms with Gasteiger partial charge in [0.15, 0.2) is 0 Å². The molecule has 7 heteroatoms. The number of amides is 1. The number of anilines is 1. The Balaban J connectivity index is 2.09. The van der Waals surface area contributed by atoms with E-state index >= 15 is 0 Å². The van der Waals surface area contributed by atoms with Gasteiger partial charge in [-0.05, 0) is 42.0 Å². The highest BCUT2D eigenvalue weighted by Gasteiger charge is 2.24. The van der Waals surface area contributed by atoms with E-state index in [9.17, 15) is 13.2 Å². The van der Waals surface area contributed by atoms with Gasteiger partial charge >= 0.3 is 0 Å². The molecule has 0 aliphatic heterocycles. The number of hydrogen-bond acceptors (Lipinski definition) is 4. The Morgan fingerprint density at radius 3 is 2.12 bits per heavy atom. The van der Waals surface area contributed by atoms with E-state index in [1.54, 1.807) is 19.2 Å². The maximum atomic E-state index is 12.5. The number of carbonyl (C=O) groups is 1. The van der Waals surface area contributed by atoms with Crippen LogP contribution in [0.2, 0.25) is 0 Å². The summed E-state index contributed by atoms with van der Waals surface area (Å²) in [6, 6.07) is 13.6. The van der Waals surface area contributed by atoms with Gasteiger partial charge in [-0.25, -0.2) is 13.1 Å². The number of benzene rings is 2. The molecule has 0 heterocycles. The van der Waals surface area contributed by atoms with Gasteiger partial charge in [0.25, 0.3) is 0 Å². The fourth-order valence-corrected chi connectivity index (χ4v) is 3.64. The molecule has 2 N–H and O–H groups in total. The fraction of sp³-hybridized carbons (Fsp3) is 0.316. The highest BCUT2D eigenvalue weighted by atomic mass is 32.2. The third-order valence-electron chi connectivity index (χ3n) is 4.06. The van der Waals surface area contributed by atoms with Crippen LogP contribution >= 0.6 is 0 Å². The lowest BCUT2D eigenvalue weighted by Gasteiger charge is -2.26. The molecule has 26 heavy (non-hydrogen) atoms. The molecule has 2 rings (SSSR count). The third-order valence-corrected chi connectivity index (χ3v) is 5.48. The summed E-state index contributed by atoms with van der Waals surface area (Å²) in [7, 11) is -2.04. The lowest BCUT2D eigenvalue weighted by Crippen LogP contribution is -2.36. The molecule has 0 radical (unpaired) electrons. The molecule has 6 nitrogen and oxygen atoms in total. The summed E-state index contributed by atoms with van der Waals surface area (Å²) in [6.45, 7) is 5.58. The Labute approximate surface area is 154 Å². The molecule has 2 aromatic carbocycles. The van der Waals surface area contributed by atoms with Crippen molar-refractivity contribution in [2.75, 3.05) is 19.0 Å². The van der Waals surface area contributed by atoms with Gasteiger partial charge in [-0.15, -0.1) is 0 Å². The molecule has 1 amide bonds. The predicted molar refractivity (Wildman–Crippen MR) is 102 cm³/mol. The number of ether oxygens (including phenoxy) is 1. The lowest BCUT2D eigenvalue weighted by atomic mass is 9.85. The van der Waals surface area contributed by atoms with Gasteiger partial charge in [-0.1, -0.05) is 26.0 Å². The maximum Gasteiger partial charge on any atom is 0.240 e. The normalized spacial score (nSPS) is 11.8. The van der Waals surface area contributed by atoms with E-state index in [4.69, 9.17) is 4.74 Å². The standard InChI is InChI=1S/C19H24N2O4S/c1-14(22)21-16-7-11-18(12-8-16)26(23,24)20-13-19(2,3)15-5-9-17(25-4)10-6-15/h5-12,20H,13H2,1-4H3,(H,21,22). The van der Waals surface area contributed by atoms with E-state index in [2.05, 4.69) is 10.0 Å². The molecule has 0 aliphatic carbocycles. The van der Waals surface area contributed by atoms with Crippen LogP contribution in [0, 0.1) is 0 Å². The van der Waals surface area contributed by atoms with E-state index in [-0.39, 0.29) is 17.3 Å². The first-order chi connectivity index (χ1) is 12.1. The van der Waals surface area contributed by atoms with Crippen molar-refractivity contribution in [2.24, 2.45) is 0 Å². The van der Waals surface area contributed by atoms with Crippen molar-refractivity contribution < 1.29 is 17.9 Å². The Hall–Kier alpha value is -2.38. The van der Waals surface area contributed by atoms with Gasteiger partial charge < -0.3 is 10.1 Å². The van der Waals surface area contributed by atoms with Crippen molar-refractivity contribution in [3.05, 3.63) is 54.1 Å². The number of sulfonamides is 1. The smallest absolute Gasteiger partial charge is 0.240 e. The molecular formula is C19H24N2O4S. The second kappa shape index (κ2) is 7.88. The van der Waals surface area contributed by atoms with Gasteiger partial charge in [0, 0.05) is 24.6 Å². The van der Waals surface area contributed by atoms with Gasteiger partial charge in [-0.3, -0.25) is 4.79 Å². The molecule has 0 fully saturated rings. The highest BCUT2D eigenvalue weighted by molar-refractivity contribution is 7.89. The number of rotatable bonds is 7. The maximum absolute atomic E-state index is 12.5. The summed E-state index contributed by atoms with van der Waals surface area (Å²) in [5, 5.41) is 2.61. The summed E-state index contributed by atoms with van der Waals surface area (Å²) in [5.41, 5.74) is 1.16. The van der Waals surface area contributed by atoms with Crippen LogP contribution in [0.5, 0.6) is 5.75 Å². The minimum atomic E-state index is -3.65. The SMILES string of the molecule is COc1ccc(C(C)(C)CNS(=O)(=O)c2ccc(NC(C)=O)cc2)cc1. The summed E-state index contributed by atoms with van der Waals surface area (Å²) < 4.78 is 32.9. The topological polar surface area (TPSA) is 84.5 Å². The van der Waals surface area contributed by atoms with Gasteiger partial charge in [0.2, 0.25) is 15.9 Å². The van der Waals surface area contributed by atoms with Crippen molar-refractivity contribution in [2.45, 2.75) is 31.1 Å². The molecule has 0 aliphatic rings. The van der Waals surface area contributed by atoms with Crippen molar-refractivity contribution >= 4 is 21.6 Å². The summed E-state index contributed by atoms with van der Waals surface area (Å²) >= 11 is 0. The molecule has 0 spiro atoms. The van der Waals surface area contributed by atoms with Gasteiger partial charge in [0.05, 0.1) is 12.0 Å². The van der Waals surface area contributed by atoms with Crippen molar-refractivity contribution in [1.29, 1.82) is 0 Å². The van der Waals surface area contributed by atoms with Gasteiger partial charge in [-0.2, -0.15) is 0 Å². The number of carbonyl (C=O) groups excluding carboxylic acids is 1. The van der Waals surface area contributed by atoms with Gasteiger partial charge in [0.1, 0.15) is 5.75 Å². The molecule has 2 aromatic rings. The zero-order valence-electron chi connectivity index (χ0n) is 15.4. The minimum absolute atomic E-state index is 0.150. The molecule has 0 unspecified atom stereocenters. The molecule has 0 aromatic heterocycles. The summed E-state index contributed by atoms with van der Waals surface area (Å²) in [6.07, 6.45) is 0. The Morgan fingerprint density at radius 1 is 1.04 bits per heavy atom. The summed E-state index contributed by atoms with van der Waals surface area (Å²) in [5.74, 6) is 0.546. The Morgan fingerprint density at radius 2 is 1.62 bits per heavy atom. The number of hydrogen-bond donors (Lipinski definition) is 2. The van der Waals surface area contributed by atoms with Crippen LogP contribution in [0.15, 0.2) is 53.4 Å². The van der Waals surface area contributed by atoms with Crippen LogP contribution in [0.1, 0.15) is 26.3 Å². The number of nitrogens with one attached hydrogen (secondary N) is 2. The van der Waals surface area contributed by atoms with Crippen molar-refractivity contribution in [3.8, 4) is 5.75 Å². The van der Waals surface area contributed by atoms with Crippen molar-refractivity contribution in [3.63, 3.8) is 0 Å². The molecule has 0 bridgehead atoms. The number of methoxy groups -OCH3 is 1. The zero-order chi connectivity index (χ0) is 19.4. The minimum Gasteiger partial charge on any atom is -0.497 e. The molecular weight excluding hydrogens is 352 g/mol.